The maximum Gasteiger partial charge on any atom is 0.304 e. The summed E-state index contributed by atoms with van der Waals surface area (Å²) in [6.07, 6.45) is 0.339. The lowest BCUT2D eigenvalue weighted by Crippen LogP contribution is -2.31. The van der Waals surface area contributed by atoms with Crippen LogP contribution in [0.25, 0.3) is 0 Å². The molecule has 1 N–H and O–H groups in total. The topological polar surface area (TPSA) is 94.2 Å². The van der Waals surface area contributed by atoms with Gasteiger partial charge in [-0.2, -0.15) is 0 Å². The van der Waals surface area contributed by atoms with Crippen LogP contribution in [0.5, 0.6) is 5.75 Å². The zero-order chi connectivity index (χ0) is 18.1. The quantitative estimate of drug-likeness (QED) is 0.571. The van der Waals surface area contributed by atoms with E-state index in [1.54, 1.807) is 25.1 Å². The Morgan fingerprint density at radius 1 is 1.08 bits per heavy atom. The van der Waals surface area contributed by atoms with Crippen molar-refractivity contribution < 1.29 is 28.6 Å². The fourth-order valence-corrected chi connectivity index (χ4v) is 1.78. The van der Waals surface area contributed by atoms with Crippen molar-refractivity contribution in [1.29, 1.82) is 0 Å². The molecule has 0 saturated heterocycles. The van der Waals surface area contributed by atoms with E-state index in [9.17, 15) is 14.4 Å². The number of anilines is 2. The van der Waals surface area contributed by atoms with Gasteiger partial charge in [0.25, 0.3) is 0 Å². The van der Waals surface area contributed by atoms with E-state index in [2.05, 4.69) is 5.32 Å². The molecule has 0 fully saturated rings. The van der Waals surface area contributed by atoms with Crippen LogP contribution in [0.4, 0.5) is 11.4 Å². The molecular formula is C16H22N2O6. The Kier molecular flexibility index (Phi) is 7.54. The predicted octanol–water partition coefficient (Wildman–Crippen LogP) is 1.89. The van der Waals surface area contributed by atoms with Crippen molar-refractivity contribution in [2.45, 2.75) is 27.2 Å². The zero-order valence-electron chi connectivity index (χ0n) is 14.3. The predicted molar refractivity (Wildman–Crippen MR) is 87.7 cm³/mol. The minimum Gasteiger partial charge on any atom is -0.495 e. The van der Waals surface area contributed by atoms with Crippen LogP contribution in [0.2, 0.25) is 0 Å². The van der Waals surface area contributed by atoms with Gasteiger partial charge in [0, 0.05) is 26.0 Å². The Balaban J connectivity index is 3.10. The molecule has 1 aromatic carbocycles. The Morgan fingerprint density at radius 2 is 1.67 bits per heavy atom. The number of benzene rings is 1. The van der Waals surface area contributed by atoms with Crippen molar-refractivity contribution in [3.8, 4) is 5.75 Å². The van der Waals surface area contributed by atoms with Gasteiger partial charge >= 0.3 is 11.9 Å². The highest BCUT2D eigenvalue weighted by Gasteiger charge is 2.16. The minimum atomic E-state index is -0.475. The van der Waals surface area contributed by atoms with Gasteiger partial charge in [-0.15, -0.1) is 0 Å². The number of ether oxygens (including phenoxy) is 3. The number of nitrogens with zero attached hydrogens (tertiary/aromatic N) is 1. The molecule has 8 heteroatoms. The van der Waals surface area contributed by atoms with Crippen LogP contribution >= 0.6 is 0 Å². The van der Waals surface area contributed by atoms with Crippen molar-refractivity contribution in [3.63, 3.8) is 0 Å². The average molecular weight is 338 g/mol. The second-order valence-electron chi connectivity index (χ2n) is 4.86. The third kappa shape index (κ3) is 6.15. The molecule has 0 aliphatic rings. The highest BCUT2D eigenvalue weighted by Crippen LogP contribution is 2.31. The van der Waals surface area contributed by atoms with E-state index in [-0.39, 0.29) is 19.4 Å². The van der Waals surface area contributed by atoms with Gasteiger partial charge in [-0.25, -0.2) is 0 Å². The largest absolute Gasteiger partial charge is 0.495 e. The van der Waals surface area contributed by atoms with Gasteiger partial charge in [0.05, 0.1) is 12.8 Å². The number of carbonyl (C=O) groups is 3. The molecule has 24 heavy (non-hydrogen) atoms. The second kappa shape index (κ2) is 9.39. The van der Waals surface area contributed by atoms with Crippen LogP contribution in [0.1, 0.15) is 27.2 Å². The zero-order valence-corrected chi connectivity index (χ0v) is 14.3. The summed E-state index contributed by atoms with van der Waals surface area (Å²) in [5.41, 5.74) is 1.06. The molecule has 0 radical (unpaired) electrons. The molecule has 0 heterocycles. The van der Waals surface area contributed by atoms with Crippen molar-refractivity contribution >= 4 is 29.2 Å². The maximum absolute atomic E-state index is 11.6. The van der Waals surface area contributed by atoms with E-state index < -0.39 is 11.9 Å². The van der Waals surface area contributed by atoms with Crippen molar-refractivity contribution in [2.24, 2.45) is 0 Å². The number of hydrogen-bond donors (Lipinski definition) is 1. The Hall–Kier alpha value is -2.77. The average Bonchev–Trinajstić information content (AvgIpc) is 2.54. The Morgan fingerprint density at radius 3 is 2.12 bits per heavy atom. The van der Waals surface area contributed by atoms with Gasteiger partial charge in [-0.05, 0) is 18.2 Å². The third-order valence-corrected chi connectivity index (χ3v) is 2.97. The summed E-state index contributed by atoms with van der Waals surface area (Å²) in [6.45, 7) is 4.03. The summed E-state index contributed by atoms with van der Waals surface area (Å²) in [4.78, 5) is 35.2. The lowest BCUT2D eigenvalue weighted by molar-refractivity contribution is -0.143. The van der Waals surface area contributed by atoms with Gasteiger partial charge in [0.15, 0.2) is 13.5 Å². The van der Waals surface area contributed by atoms with E-state index in [1.807, 2.05) is 0 Å². The van der Waals surface area contributed by atoms with E-state index in [4.69, 9.17) is 14.2 Å². The molecule has 0 aromatic heterocycles. The molecule has 0 spiro atoms. The van der Waals surface area contributed by atoms with Crippen molar-refractivity contribution in [1.82, 2.24) is 0 Å². The fourth-order valence-electron chi connectivity index (χ4n) is 1.78. The lowest BCUT2D eigenvalue weighted by atomic mass is 10.2. The lowest BCUT2D eigenvalue weighted by Gasteiger charge is -2.25. The smallest absolute Gasteiger partial charge is 0.304 e. The molecule has 0 unspecified atom stereocenters. The van der Waals surface area contributed by atoms with E-state index in [0.717, 1.165) is 0 Å². The number of nitrogens with one attached hydrogen (secondary N) is 1. The third-order valence-electron chi connectivity index (χ3n) is 2.97. The minimum absolute atomic E-state index is 0.135. The van der Waals surface area contributed by atoms with Crippen LogP contribution in [0.3, 0.4) is 0 Å². The second-order valence-corrected chi connectivity index (χ2v) is 4.86. The molecule has 0 saturated carbocycles. The number of methoxy groups -OCH3 is 1. The number of esters is 2. The molecule has 8 nitrogen and oxygen atoms in total. The summed E-state index contributed by atoms with van der Waals surface area (Å²) in [5.74, 6) is -0.615. The first-order chi connectivity index (χ1) is 11.4. The normalized spacial score (nSPS) is 9.83. The van der Waals surface area contributed by atoms with Crippen LogP contribution in [0.15, 0.2) is 18.2 Å². The number of carbonyl (C=O) groups excluding carboxylic acids is 3. The van der Waals surface area contributed by atoms with Gasteiger partial charge < -0.3 is 24.4 Å². The Labute approximate surface area is 140 Å². The number of rotatable bonds is 8. The molecule has 0 aliphatic carbocycles. The van der Waals surface area contributed by atoms with E-state index in [0.29, 0.717) is 23.5 Å². The first-order valence-corrected chi connectivity index (χ1v) is 7.37. The monoisotopic (exact) mass is 338 g/mol. The van der Waals surface area contributed by atoms with Gasteiger partial charge in [0.1, 0.15) is 5.75 Å². The summed E-state index contributed by atoms with van der Waals surface area (Å²) >= 11 is 0. The van der Waals surface area contributed by atoms with Crippen LogP contribution in [0, 0.1) is 0 Å². The van der Waals surface area contributed by atoms with E-state index in [1.165, 1.54) is 25.9 Å². The Bertz CT molecular complexity index is 584. The number of amides is 1. The summed E-state index contributed by atoms with van der Waals surface area (Å²) in [6, 6.07) is 5.00. The van der Waals surface area contributed by atoms with Crippen molar-refractivity contribution in [3.05, 3.63) is 18.2 Å². The first-order valence-electron chi connectivity index (χ1n) is 7.37. The molecule has 0 atom stereocenters. The molecule has 132 valence electrons. The molecular weight excluding hydrogens is 316 g/mol. The molecule has 1 aromatic rings. The fraction of sp³-hybridized carbons (Fsp3) is 0.438. The van der Waals surface area contributed by atoms with Crippen LogP contribution < -0.4 is 15.0 Å². The standard InChI is InChI=1S/C16H22N2O6/c1-5-16(21)17-13-6-7-15(22-4)14(8-13)18(9-23-11(2)19)10-24-12(3)20/h6-8H,5,9-10H2,1-4H3,(H,17,21). The highest BCUT2D eigenvalue weighted by molar-refractivity contribution is 5.91. The highest BCUT2D eigenvalue weighted by atomic mass is 16.6. The molecule has 1 amide bonds. The van der Waals surface area contributed by atoms with Crippen LogP contribution in [-0.4, -0.2) is 38.4 Å². The van der Waals surface area contributed by atoms with Gasteiger partial charge in [0.2, 0.25) is 5.91 Å². The SMILES string of the molecule is CCC(=O)Nc1ccc(OC)c(N(COC(C)=O)COC(C)=O)c1. The molecule has 1 rings (SSSR count). The molecule has 0 bridgehead atoms. The number of hydrogen-bond acceptors (Lipinski definition) is 7. The van der Waals surface area contributed by atoms with Gasteiger partial charge in [-0.3, -0.25) is 14.4 Å². The maximum atomic E-state index is 11.6. The van der Waals surface area contributed by atoms with Crippen LogP contribution in [-0.2, 0) is 23.9 Å². The molecule has 0 aliphatic heterocycles. The first kappa shape index (κ1) is 19.3. The summed E-state index contributed by atoms with van der Waals surface area (Å²) < 4.78 is 15.3. The van der Waals surface area contributed by atoms with Crippen molar-refractivity contribution in [2.75, 3.05) is 30.8 Å². The van der Waals surface area contributed by atoms with Gasteiger partial charge in [-0.1, -0.05) is 6.92 Å². The summed E-state index contributed by atoms with van der Waals surface area (Å²) in [5, 5.41) is 2.73. The summed E-state index contributed by atoms with van der Waals surface area (Å²) in [7, 11) is 1.49. The van der Waals surface area contributed by atoms with E-state index >= 15 is 0 Å².